The smallest absolute Gasteiger partial charge is 0.190 e. The van der Waals surface area contributed by atoms with E-state index in [2.05, 4.69) is 9.88 Å². The number of aromatic nitrogens is 1. The molecule has 2 aromatic carbocycles. The van der Waals surface area contributed by atoms with Crippen LogP contribution in [0.3, 0.4) is 0 Å². The monoisotopic (exact) mass is 324 g/mol. The number of benzene rings is 2. The number of nitrogens with one attached hydrogen (secondary N) is 1. The molecule has 0 unspecified atom stereocenters. The highest BCUT2D eigenvalue weighted by molar-refractivity contribution is 5.85. The highest BCUT2D eigenvalue weighted by Gasteiger charge is 2.14. The van der Waals surface area contributed by atoms with Gasteiger partial charge in [0.1, 0.15) is 11.6 Å². The van der Waals surface area contributed by atoms with Crippen LogP contribution in [-0.4, -0.2) is 23.2 Å². The van der Waals surface area contributed by atoms with Gasteiger partial charge in [0.2, 0.25) is 0 Å². The van der Waals surface area contributed by atoms with Gasteiger partial charge in [-0.1, -0.05) is 0 Å². The van der Waals surface area contributed by atoms with Crippen LogP contribution in [0.5, 0.6) is 5.75 Å². The van der Waals surface area contributed by atoms with Gasteiger partial charge in [-0.05, 0) is 43.2 Å². The summed E-state index contributed by atoms with van der Waals surface area (Å²) in [6.07, 6.45) is 2.35. The third-order valence-corrected chi connectivity index (χ3v) is 4.48. The largest absolute Gasteiger partial charge is 0.508 e. The Hall–Kier alpha value is -2.82. The third-order valence-electron chi connectivity index (χ3n) is 4.48. The van der Waals surface area contributed by atoms with Crippen LogP contribution in [0.1, 0.15) is 12.8 Å². The Labute approximate surface area is 138 Å². The van der Waals surface area contributed by atoms with Crippen molar-refractivity contribution in [3.63, 3.8) is 0 Å². The highest BCUT2D eigenvalue weighted by atomic mass is 19.1. The molecule has 4 nitrogen and oxygen atoms in total. The predicted octanol–water partition coefficient (Wildman–Crippen LogP) is 3.64. The fourth-order valence-electron chi connectivity index (χ4n) is 3.29. The van der Waals surface area contributed by atoms with E-state index in [1.165, 1.54) is 31.0 Å². The molecule has 24 heavy (non-hydrogen) atoms. The van der Waals surface area contributed by atoms with Gasteiger partial charge in [0, 0.05) is 53.1 Å². The van der Waals surface area contributed by atoms with E-state index in [0.29, 0.717) is 22.2 Å². The van der Waals surface area contributed by atoms with Gasteiger partial charge in [0.05, 0.1) is 0 Å². The van der Waals surface area contributed by atoms with E-state index < -0.39 is 5.82 Å². The summed E-state index contributed by atoms with van der Waals surface area (Å²) in [5.74, 6) is -0.717. The minimum atomic E-state index is -0.546. The van der Waals surface area contributed by atoms with E-state index in [-0.39, 0.29) is 11.2 Å². The van der Waals surface area contributed by atoms with Crippen molar-refractivity contribution >= 4 is 16.6 Å². The molecule has 4 rings (SSSR count). The minimum absolute atomic E-state index is 0.122. The number of pyridine rings is 1. The van der Waals surface area contributed by atoms with E-state index in [1.54, 1.807) is 0 Å². The van der Waals surface area contributed by atoms with Gasteiger partial charge in [0.25, 0.3) is 0 Å². The van der Waals surface area contributed by atoms with Gasteiger partial charge < -0.3 is 15.0 Å². The van der Waals surface area contributed by atoms with E-state index in [9.17, 15) is 14.3 Å². The second kappa shape index (κ2) is 5.67. The molecule has 1 saturated heterocycles. The molecule has 0 saturated carbocycles. The first-order chi connectivity index (χ1) is 11.6. The van der Waals surface area contributed by atoms with Crippen LogP contribution in [-0.2, 0) is 0 Å². The van der Waals surface area contributed by atoms with Crippen LogP contribution in [0.2, 0.25) is 0 Å². The third kappa shape index (κ3) is 2.62. The highest BCUT2D eigenvalue weighted by Crippen LogP contribution is 2.26. The lowest BCUT2D eigenvalue weighted by Crippen LogP contribution is -2.17. The zero-order valence-electron chi connectivity index (χ0n) is 13.1. The molecule has 2 heterocycles. The zero-order chi connectivity index (χ0) is 16.7. The Bertz CT molecular complexity index is 955. The van der Waals surface area contributed by atoms with Crippen LogP contribution >= 0.6 is 0 Å². The van der Waals surface area contributed by atoms with Crippen molar-refractivity contribution in [2.45, 2.75) is 12.8 Å². The van der Waals surface area contributed by atoms with Crippen molar-refractivity contribution < 1.29 is 9.50 Å². The van der Waals surface area contributed by atoms with Crippen molar-refractivity contribution in [3.05, 3.63) is 58.5 Å². The summed E-state index contributed by atoms with van der Waals surface area (Å²) < 4.78 is 13.5. The van der Waals surface area contributed by atoms with Crippen LogP contribution in [0.25, 0.3) is 22.2 Å². The molecule has 5 heteroatoms. The van der Waals surface area contributed by atoms with E-state index in [4.69, 9.17) is 0 Å². The predicted molar refractivity (Wildman–Crippen MR) is 93.1 cm³/mol. The molecular formula is C19H17FN2O2. The van der Waals surface area contributed by atoms with Crippen LogP contribution < -0.4 is 10.3 Å². The molecule has 0 amide bonds. The molecule has 0 spiro atoms. The minimum Gasteiger partial charge on any atom is -0.508 e. The summed E-state index contributed by atoms with van der Waals surface area (Å²) in [6, 6.07) is 11.0. The maximum Gasteiger partial charge on any atom is 0.190 e. The second-order valence-electron chi connectivity index (χ2n) is 6.17. The maximum atomic E-state index is 13.5. The Morgan fingerprint density at radius 1 is 1.04 bits per heavy atom. The number of fused-ring (bicyclic) bond motifs is 1. The fourth-order valence-corrected chi connectivity index (χ4v) is 3.29. The summed E-state index contributed by atoms with van der Waals surface area (Å²) in [5.41, 5.74) is 2.56. The lowest BCUT2D eigenvalue weighted by Gasteiger charge is -2.18. The van der Waals surface area contributed by atoms with Crippen molar-refractivity contribution in [3.8, 4) is 17.0 Å². The maximum absolute atomic E-state index is 13.5. The average Bonchev–Trinajstić information content (AvgIpc) is 3.08. The molecular weight excluding hydrogens is 307 g/mol. The first-order valence-electron chi connectivity index (χ1n) is 8.02. The number of phenolic OH excluding ortho intramolecular Hbond substituents is 1. The molecule has 0 bridgehead atoms. The molecule has 1 aromatic heterocycles. The first-order valence-corrected chi connectivity index (χ1v) is 8.02. The van der Waals surface area contributed by atoms with Crippen LogP contribution in [0.4, 0.5) is 10.1 Å². The molecule has 1 aliphatic heterocycles. The summed E-state index contributed by atoms with van der Waals surface area (Å²) in [5, 5.41) is 10.2. The molecule has 0 radical (unpaired) electrons. The lowest BCUT2D eigenvalue weighted by atomic mass is 10.1. The molecule has 0 aliphatic carbocycles. The molecule has 3 aromatic rings. The van der Waals surface area contributed by atoms with Crippen molar-refractivity contribution in [2.75, 3.05) is 18.0 Å². The number of halogens is 1. The Balaban J connectivity index is 1.82. The summed E-state index contributed by atoms with van der Waals surface area (Å²) in [7, 11) is 0. The average molecular weight is 324 g/mol. The first kappa shape index (κ1) is 14.8. The summed E-state index contributed by atoms with van der Waals surface area (Å²) in [4.78, 5) is 18.0. The number of anilines is 1. The van der Waals surface area contributed by atoms with Crippen molar-refractivity contribution in [1.82, 2.24) is 4.98 Å². The number of rotatable bonds is 2. The van der Waals surface area contributed by atoms with E-state index in [1.807, 2.05) is 18.2 Å². The Kier molecular flexibility index (Phi) is 3.49. The molecule has 1 fully saturated rings. The topological polar surface area (TPSA) is 56.3 Å². The Morgan fingerprint density at radius 2 is 1.83 bits per heavy atom. The molecule has 0 atom stereocenters. The number of aromatic amines is 1. The number of phenols is 1. The van der Waals surface area contributed by atoms with Crippen LogP contribution in [0, 0.1) is 5.82 Å². The number of aromatic hydroxyl groups is 1. The van der Waals surface area contributed by atoms with E-state index >= 15 is 0 Å². The molecule has 122 valence electrons. The number of nitrogens with zero attached hydrogens (tertiary/aromatic N) is 1. The lowest BCUT2D eigenvalue weighted by molar-refractivity contribution is 0.469. The van der Waals surface area contributed by atoms with Gasteiger partial charge in [-0.3, -0.25) is 4.79 Å². The van der Waals surface area contributed by atoms with Crippen molar-refractivity contribution in [1.29, 1.82) is 0 Å². The molecule has 2 N–H and O–H groups in total. The van der Waals surface area contributed by atoms with Crippen molar-refractivity contribution in [2.24, 2.45) is 0 Å². The normalized spacial score (nSPS) is 14.5. The number of hydrogen-bond donors (Lipinski definition) is 2. The quantitative estimate of drug-likeness (QED) is 0.757. The zero-order valence-corrected chi connectivity index (χ0v) is 13.1. The summed E-state index contributed by atoms with van der Waals surface area (Å²) >= 11 is 0. The van der Waals surface area contributed by atoms with Gasteiger partial charge in [0.15, 0.2) is 5.43 Å². The second-order valence-corrected chi connectivity index (χ2v) is 6.17. The van der Waals surface area contributed by atoms with Gasteiger partial charge in [-0.2, -0.15) is 0 Å². The summed E-state index contributed by atoms with van der Waals surface area (Å²) in [6.45, 7) is 2.04. The van der Waals surface area contributed by atoms with Crippen LogP contribution in [0.15, 0.2) is 47.3 Å². The van der Waals surface area contributed by atoms with Gasteiger partial charge >= 0.3 is 0 Å². The fraction of sp³-hybridized carbons (Fsp3) is 0.211. The standard InChI is InChI=1S/C19H17FN2O2/c20-13-7-12(8-15(23)9-13)18-11-19(24)16-10-14(3-4-17(16)21-18)22-5-1-2-6-22/h3-4,7-11,23H,1-2,5-6H2,(H,21,24). The molecule has 1 aliphatic rings. The van der Waals surface area contributed by atoms with Gasteiger partial charge in [-0.15, -0.1) is 0 Å². The van der Waals surface area contributed by atoms with Gasteiger partial charge in [-0.25, -0.2) is 4.39 Å². The number of hydrogen-bond acceptors (Lipinski definition) is 3. The number of H-pyrrole nitrogens is 1. The Morgan fingerprint density at radius 3 is 2.58 bits per heavy atom. The van der Waals surface area contributed by atoms with E-state index in [0.717, 1.165) is 24.8 Å². The SMILES string of the molecule is O=c1cc(-c2cc(O)cc(F)c2)[nH]c2ccc(N3CCCC3)cc12.